The quantitative estimate of drug-likeness (QED) is 0.580. The van der Waals surface area contributed by atoms with Crippen molar-refractivity contribution in [3.8, 4) is 5.75 Å². The summed E-state index contributed by atoms with van der Waals surface area (Å²) in [6.45, 7) is 3.19. The molecule has 0 amide bonds. The molecule has 4 nitrogen and oxygen atoms in total. The van der Waals surface area contributed by atoms with E-state index in [9.17, 15) is 8.42 Å². The van der Waals surface area contributed by atoms with Crippen molar-refractivity contribution in [1.29, 1.82) is 0 Å². The summed E-state index contributed by atoms with van der Waals surface area (Å²) in [5.74, 6) is 1.21. The van der Waals surface area contributed by atoms with Gasteiger partial charge in [0.25, 0.3) is 0 Å². The van der Waals surface area contributed by atoms with Gasteiger partial charge in [-0.1, -0.05) is 13.3 Å². The van der Waals surface area contributed by atoms with E-state index < -0.39 is 10.0 Å². The summed E-state index contributed by atoms with van der Waals surface area (Å²) in [5, 5.41) is 0.0728. The highest BCUT2D eigenvalue weighted by molar-refractivity contribution is 7.89. The molecule has 1 fully saturated rings. The molecule has 22 heavy (non-hydrogen) atoms. The second kappa shape index (κ2) is 7.95. The molecule has 2 rings (SSSR count). The fraction of sp³-hybridized carbons (Fsp3) is 0.600. The van der Waals surface area contributed by atoms with Crippen LogP contribution in [0.3, 0.4) is 0 Å². The molecule has 1 aliphatic heterocycles. The molecule has 1 aromatic rings. The molecule has 0 spiro atoms. The van der Waals surface area contributed by atoms with Gasteiger partial charge in [-0.3, -0.25) is 0 Å². The third kappa shape index (κ3) is 4.13. The van der Waals surface area contributed by atoms with Gasteiger partial charge in [0.2, 0.25) is 10.0 Å². The van der Waals surface area contributed by atoms with Crippen LogP contribution in [0.2, 0.25) is 0 Å². The molecule has 1 aromatic carbocycles. The van der Waals surface area contributed by atoms with Crippen molar-refractivity contribution in [1.82, 2.24) is 4.31 Å². The van der Waals surface area contributed by atoms with Crippen LogP contribution in [0.5, 0.6) is 5.75 Å². The van der Waals surface area contributed by atoms with Gasteiger partial charge in [0.05, 0.1) is 11.5 Å². The van der Waals surface area contributed by atoms with Crippen LogP contribution in [0.15, 0.2) is 29.2 Å². The minimum atomic E-state index is -3.49. The molecule has 1 saturated heterocycles. The van der Waals surface area contributed by atoms with Crippen molar-refractivity contribution in [2.24, 2.45) is 0 Å². The van der Waals surface area contributed by atoms with Gasteiger partial charge in [-0.05, 0) is 37.1 Å². The molecule has 124 valence electrons. The summed E-state index contributed by atoms with van der Waals surface area (Å²) in [5.41, 5.74) is 0. The Bertz CT molecular complexity index is 574. The normalized spacial score (nSPS) is 22.9. The SMILES string of the molecule is CCCCOc1ccc(S(=O)(=O)N2CC(S)CC2CS)cc1. The third-order valence-corrected chi connectivity index (χ3v) is 6.48. The lowest BCUT2D eigenvalue weighted by Gasteiger charge is -2.22. The molecule has 2 atom stereocenters. The molecule has 1 aliphatic rings. The Morgan fingerprint density at radius 1 is 1.32 bits per heavy atom. The van der Waals surface area contributed by atoms with E-state index in [1.807, 2.05) is 0 Å². The number of sulfonamides is 1. The largest absolute Gasteiger partial charge is 0.494 e. The van der Waals surface area contributed by atoms with Gasteiger partial charge in [0.1, 0.15) is 5.75 Å². The number of unbranched alkanes of at least 4 members (excludes halogenated alkanes) is 1. The Labute approximate surface area is 144 Å². The predicted octanol–water partition coefficient (Wildman–Crippen LogP) is 2.86. The Morgan fingerprint density at radius 2 is 2.00 bits per heavy atom. The Hall–Kier alpha value is -0.370. The second-order valence-corrected chi connectivity index (χ2v) is 8.46. The summed E-state index contributed by atoms with van der Waals surface area (Å²) in [6.07, 6.45) is 2.79. The van der Waals surface area contributed by atoms with Gasteiger partial charge in [-0.15, -0.1) is 0 Å². The Morgan fingerprint density at radius 3 is 2.59 bits per heavy atom. The van der Waals surface area contributed by atoms with Crippen molar-refractivity contribution in [2.45, 2.75) is 42.4 Å². The maximum absolute atomic E-state index is 12.7. The second-order valence-electron chi connectivity index (χ2n) is 5.47. The van der Waals surface area contributed by atoms with Crippen LogP contribution in [0.4, 0.5) is 0 Å². The van der Waals surface area contributed by atoms with Crippen molar-refractivity contribution >= 4 is 35.3 Å². The Balaban J connectivity index is 2.12. The molecule has 0 saturated carbocycles. The molecular formula is C15H23NO3S3. The topological polar surface area (TPSA) is 46.6 Å². The average molecular weight is 362 g/mol. The lowest BCUT2D eigenvalue weighted by Crippen LogP contribution is -2.36. The molecular weight excluding hydrogens is 338 g/mol. The molecule has 2 unspecified atom stereocenters. The van der Waals surface area contributed by atoms with E-state index in [-0.39, 0.29) is 11.3 Å². The fourth-order valence-corrected chi connectivity index (χ4v) is 5.17. The molecule has 7 heteroatoms. The smallest absolute Gasteiger partial charge is 0.243 e. The van der Waals surface area contributed by atoms with E-state index in [1.54, 1.807) is 24.3 Å². The molecule has 0 bridgehead atoms. The highest BCUT2D eigenvalue weighted by atomic mass is 32.2. The summed E-state index contributed by atoms with van der Waals surface area (Å²) >= 11 is 8.68. The average Bonchev–Trinajstić information content (AvgIpc) is 2.90. The summed E-state index contributed by atoms with van der Waals surface area (Å²) in [4.78, 5) is 0.296. The van der Waals surface area contributed by atoms with Crippen LogP contribution >= 0.6 is 25.3 Å². The highest BCUT2D eigenvalue weighted by Gasteiger charge is 2.38. The van der Waals surface area contributed by atoms with Gasteiger partial charge < -0.3 is 4.74 Å². The number of benzene rings is 1. The maximum atomic E-state index is 12.7. The summed E-state index contributed by atoms with van der Waals surface area (Å²) < 4.78 is 32.6. The number of hydrogen-bond donors (Lipinski definition) is 2. The summed E-state index contributed by atoms with van der Waals surface area (Å²) in [7, 11) is -3.49. The first-order chi connectivity index (χ1) is 10.5. The van der Waals surface area contributed by atoms with Gasteiger partial charge >= 0.3 is 0 Å². The first kappa shape index (κ1) is 18.0. The van der Waals surface area contributed by atoms with Gasteiger partial charge in [0, 0.05) is 23.6 Å². The van der Waals surface area contributed by atoms with E-state index in [0.29, 0.717) is 29.5 Å². The van der Waals surface area contributed by atoms with E-state index in [1.165, 1.54) is 4.31 Å². The van der Waals surface area contributed by atoms with Crippen LogP contribution in [0.1, 0.15) is 26.2 Å². The van der Waals surface area contributed by atoms with Crippen molar-refractivity contribution in [3.63, 3.8) is 0 Å². The molecule has 0 N–H and O–H groups in total. The third-order valence-electron chi connectivity index (χ3n) is 3.75. The van der Waals surface area contributed by atoms with Gasteiger partial charge in [-0.25, -0.2) is 8.42 Å². The standard InChI is InChI=1S/C15H23NO3S3/c1-2-3-8-19-13-4-6-15(7-5-13)22(17,18)16-10-14(21)9-12(16)11-20/h4-7,12,14,20-21H,2-3,8-11H2,1H3. The van der Waals surface area contributed by atoms with Crippen LogP contribution in [0, 0.1) is 0 Å². The number of thiol groups is 2. The predicted molar refractivity (Wildman–Crippen MR) is 95.8 cm³/mol. The first-order valence-electron chi connectivity index (χ1n) is 7.52. The zero-order chi connectivity index (χ0) is 16.2. The van der Waals surface area contributed by atoms with E-state index >= 15 is 0 Å². The number of rotatable bonds is 7. The highest BCUT2D eigenvalue weighted by Crippen LogP contribution is 2.29. The molecule has 0 aromatic heterocycles. The van der Waals surface area contributed by atoms with Gasteiger partial charge in [-0.2, -0.15) is 29.6 Å². The van der Waals surface area contributed by atoms with Crippen molar-refractivity contribution in [3.05, 3.63) is 24.3 Å². The minimum Gasteiger partial charge on any atom is -0.494 e. The maximum Gasteiger partial charge on any atom is 0.243 e. The van der Waals surface area contributed by atoms with Crippen LogP contribution in [-0.2, 0) is 10.0 Å². The van der Waals surface area contributed by atoms with Crippen LogP contribution in [0.25, 0.3) is 0 Å². The Kier molecular flexibility index (Phi) is 6.49. The number of hydrogen-bond acceptors (Lipinski definition) is 5. The van der Waals surface area contributed by atoms with Crippen LogP contribution < -0.4 is 4.74 Å². The molecule has 0 radical (unpaired) electrons. The van der Waals surface area contributed by atoms with Crippen LogP contribution in [-0.4, -0.2) is 42.9 Å². The zero-order valence-corrected chi connectivity index (χ0v) is 15.3. The zero-order valence-electron chi connectivity index (χ0n) is 12.7. The minimum absolute atomic E-state index is 0.0728. The lowest BCUT2D eigenvalue weighted by atomic mass is 10.2. The van der Waals surface area contributed by atoms with Crippen molar-refractivity contribution < 1.29 is 13.2 Å². The molecule has 1 heterocycles. The summed E-state index contributed by atoms with van der Waals surface area (Å²) in [6, 6.07) is 6.56. The number of nitrogens with zero attached hydrogens (tertiary/aromatic N) is 1. The van der Waals surface area contributed by atoms with Gasteiger partial charge in [0.15, 0.2) is 0 Å². The fourth-order valence-electron chi connectivity index (χ4n) is 2.50. The van der Waals surface area contributed by atoms with E-state index in [4.69, 9.17) is 4.74 Å². The van der Waals surface area contributed by atoms with Crippen molar-refractivity contribution in [2.75, 3.05) is 18.9 Å². The molecule has 0 aliphatic carbocycles. The van der Waals surface area contributed by atoms with E-state index in [0.717, 1.165) is 19.3 Å². The van der Waals surface area contributed by atoms with E-state index in [2.05, 4.69) is 32.2 Å². The first-order valence-corrected chi connectivity index (χ1v) is 10.1. The monoisotopic (exact) mass is 361 g/mol. The number of ether oxygens (including phenoxy) is 1. The lowest BCUT2D eigenvalue weighted by molar-refractivity contribution is 0.309.